The molecule has 0 fully saturated rings. The van der Waals surface area contributed by atoms with Gasteiger partial charge in [-0.25, -0.2) is 9.13 Å². The number of phosphoric acid groups is 2. The predicted octanol–water partition coefficient (Wildman–Crippen LogP) is 22.8. The number of phosphoric ester groups is 2. The van der Waals surface area contributed by atoms with Gasteiger partial charge in [-0.3, -0.25) is 37.3 Å². The van der Waals surface area contributed by atoms with Crippen LogP contribution in [0.2, 0.25) is 0 Å². The van der Waals surface area contributed by atoms with Crippen molar-refractivity contribution >= 4 is 39.5 Å². The van der Waals surface area contributed by atoms with Crippen LogP contribution in [-0.4, -0.2) is 96.7 Å². The summed E-state index contributed by atoms with van der Waals surface area (Å²) < 4.78 is 68.6. The molecule has 0 saturated carbocycles. The fraction of sp³-hybridized carbons (Fsp3) is 0.949. The molecule has 576 valence electrons. The van der Waals surface area contributed by atoms with E-state index in [0.29, 0.717) is 31.6 Å². The highest BCUT2D eigenvalue weighted by atomic mass is 31.2. The molecule has 97 heavy (non-hydrogen) atoms. The van der Waals surface area contributed by atoms with Gasteiger partial charge in [0.25, 0.3) is 0 Å². The highest BCUT2D eigenvalue weighted by Crippen LogP contribution is 2.45. The van der Waals surface area contributed by atoms with Crippen molar-refractivity contribution in [3.05, 3.63) is 0 Å². The Hall–Kier alpha value is -1.94. The summed E-state index contributed by atoms with van der Waals surface area (Å²) >= 11 is 0. The zero-order chi connectivity index (χ0) is 71.7. The van der Waals surface area contributed by atoms with E-state index in [-0.39, 0.29) is 25.7 Å². The van der Waals surface area contributed by atoms with Gasteiger partial charge in [-0.1, -0.05) is 344 Å². The third-order valence-electron chi connectivity index (χ3n) is 18.4. The molecule has 0 rings (SSSR count). The first-order valence-electron chi connectivity index (χ1n) is 40.2. The molecule has 0 radical (unpaired) electrons. The number of carbonyl (C=O) groups excluding carboxylic acids is 4. The summed E-state index contributed by atoms with van der Waals surface area (Å²) in [7, 11) is -9.92. The minimum absolute atomic E-state index is 0.106. The third kappa shape index (κ3) is 70.9. The molecule has 0 spiro atoms. The lowest BCUT2D eigenvalue weighted by Crippen LogP contribution is -2.30. The summed E-state index contributed by atoms with van der Waals surface area (Å²) in [6.07, 6.45) is 52.8. The van der Waals surface area contributed by atoms with E-state index in [1.807, 2.05) is 0 Å². The van der Waals surface area contributed by atoms with Crippen LogP contribution in [0.15, 0.2) is 0 Å². The van der Waals surface area contributed by atoms with Gasteiger partial charge in [0.15, 0.2) is 12.2 Å². The Morgan fingerprint density at radius 3 is 0.732 bits per heavy atom. The Morgan fingerprint density at radius 1 is 0.289 bits per heavy atom. The second-order valence-corrected chi connectivity index (χ2v) is 32.7. The zero-order valence-electron chi connectivity index (χ0n) is 63.7. The molecule has 3 unspecified atom stereocenters. The first-order chi connectivity index (χ1) is 46.6. The second kappa shape index (κ2) is 67.2. The number of carbonyl (C=O) groups is 4. The highest BCUT2D eigenvalue weighted by molar-refractivity contribution is 7.47. The Morgan fingerprint density at radius 2 is 0.495 bits per heavy atom. The summed E-state index contributed by atoms with van der Waals surface area (Å²) in [5.74, 6) is 0.964. The number of aliphatic hydroxyl groups is 1. The number of esters is 4. The number of aliphatic hydroxyl groups excluding tert-OH is 1. The van der Waals surface area contributed by atoms with Gasteiger partial charge in [0, 0.05) is 25.7 Å². The van der Waals surface area contributed by atoms with Gasteiger partial charge in [0.2, 0.25) is 0 Å². The van der Waals surface area contributed by atoms with Crippen LogP contribution in [0, 0.1) is 23.7 Å². The highest BCUT2D eigenvalue weighted by Gasteiger charge is 2.30. The van der Waals surface area contributed by atoms with Gasteiger partial charge in [0.1, 0.15) is 19.3 Å². The molecule has 0 saturated heterocycles. The van der Waals surface area contributed by atoms with Crippen molar-refractivity contribution in [3.8, 4) is 0 Å². The quantitative estimate of drug-likeness (QED) is 0.0222. The van der Waals surface area contributed by atoms with Crippen molar-refractivity contribution in [1.29, 1.82) is 0 Å². The van der Waals surface area contributed by atoms with Crippen LogP contribution in [0.1, 0.15) is 396 Å². The van der Waals surface area contributed by atoms with E-state index in [1.54, 1.807) is 0 Å². The third-order valence-corrected chi connectivity index (χ3v) is 20.3. The number of rotatable bonds is 75. The summed E-state index contributed by atoms with van der Waals surface area (Å²) in [6, 6.07) is 0. The SMILES string of the molecule is CCC(C)CCCCCCCCCCCCCCCCC(=O)O[C@H](COC(=O)CCCCCCCCCCCCCC(C)C)COP(=O)(O)OC[C@@H](O)COP(=O)(O)OC[C@@H](COC(=O)CCCCCCCCC(C)C)OC(=O)CCCCCCCCCCCCCCCC(C)C. The monoisotopic (exact) mass is 1420 g/mol. The van der Waals surface area contributed by atoms with Crippen LogP contribution >= 0.6 is 15.6 Å². The molecule has 19 heteroatoms. The van der Waals surface area contributed by atoms with Crippen LogP contribution in [0.3, 0.4) is 0 Å². The van der Waals surface area contributed by atoms with Crippen molar-refractivity contribution in [2.75, 3.05) is 39.6 Å². The molecule has 6 atom stereocenters. The zero-order valence-corrected chi connectivity index (χ0v) is 65.5. The maximum Gasteiger partial charge on any atom is 0.472 e. The van der Waals surface area contributed by atoms with Crippen molar-refractivity contribution in [3.63, 3.8) is 0 Å². The van der Waals surface area contributed by atoms with Crippen LogP contribution in [-0.2, 0) is 65.4 Å². The minimum Gasteiger partial charge on any atom is -0.462 e. The van der Waals surface area contributed by atoms with Crippen molar-refractivity contribution in [1.82, 2.24) is 0 Å². The average Bonchev–Trinajstić information content (AvgIpc) is 1.20. The van der Waals surface area contributed by atoms with E-state index in [2.05, 4.69) is 55.4 Å². The van der Waals surface area contributed by atoms with E-state index >= 15 is 0 Å². The lowest BCUT2D eigenvalue weighted by molar-refractivity contribution is -0.161. The van der Waals surface area contributed by atoms with Crippen LogP contribution in [0.4, 0.5) is 0 Å². The Kier molecular flexibility index (Phi) is 65.9. The average molecular weight is 1420 g/mol. The fourth-order valence-electron chi connectivity index (χ4n) is 11.9. The molecule has 17 nitrogen and oxygen atoms in total. The molecule has 0 aromatic rings. The molecule has 0 aromatic carbocycles. The van der Waals surface area contributed by atoms with Crippen molar-refractivity contribution < 1.29 is 80.2 Å². The first kappa shape index (κ1) is 95.1. The summed E-state index contributed by atoms with van der Waals surface area (Å²) in [5, 5.41) is 10.6. The van der Waals surface area contributed by atoms with Gasteiger partial charge in [-0.15, -0.1) is 0 Å². The number of hydrogen-bond acceptors (Lipinski definition) is 15. The fourth-order valence-corrected chi connectivity index (χ4v) is 13.5. The standard InChI is InChI=1S/C78H152O17P2/c1-9-71(8)57-49-41-32-26-20-14-10-11-15-21-28-34-44-52-60-77(82)94-73(64-88-75(80)58-50-42-33-27-23-17-19-25-31-39-47-55-69(4)5)66-92-96(84,85)90-62-72(79)63-91-97(86,87)93-67-74(65-89-76(81)59-51-43-37-36-40-48-56-70(6)7)95-78(83)61-53-45-35-29-22-16-12-13-18-24-30-38-46-54-68(2)3/h68-74,79H,9-67H2,1-8H3,(H,84,85)(H,86,87)/t71?,72-,73-,74-/m1/s1. The Bertz CT molecular complexity index is 1900. The van der Waals surface area contributed by atoms with Crippen LogP contribution in [0.25, 0.3) is 0 Å². The number of unbranched alkanes of at least 4 members (excludes halogenated alkanes) is 40. The number of hydrogen-bond donors (Lipinski definition) is 3. The lowest BCUT2D eigenvalue weighted by atomic mass is 9.99. The Balaban J connectivity index is 5.24. The van der Waals surface area contributed by atoms with E-state index in [9.17, 15) is 43.2 Å². The largest absolute Gasteiger partial charge is 0.472 e. The topological polar surface area (TPSA) is 237 Å². The minimum atomic E-state index is -4.96. The molecule has 3 N–H and O–H groups in total. The van der Waals surface area contributed by atoms with Crippen molar-refractivity contribution in [2.24, 2.45) is 23.7 Å². The molecule has 0 bridgehead atoms. The van der Waals surface area contributed by atoms with Gasteiger partial charge in [-0.2, -0.15) is 0 Å². The van der Waals surface area contributed by atoms with Crippen LogP contribution < -0.4 is 0 Å². The molecular weight excluding hydrogens is 1270 g/mol. The summed E-state index contributed by atoms with van der Waals surface area (Å²) in [6.45, 7) is 14.2. The smallest absolute Gasteiger partial charge is 0.462 e. The van der Waals surface area contributed by atoms with E-state index in [0.717, 1.165) is 114 Å². The molecule has 0 aromatic heterocycles. The molecule has 0 amide bonds. The van der Waals surface area contributed by atoms with Gasteiger partial charge in [0.05, 0.1) is 26.4 Å². The maximum atomic E-state index is 13.1. The molecule has 0 aliphatic heterocycles. The van der Waals surface area contributed by atoms with E-state index < -0.39 is 97.5 Å². The second-order valence-electron chi connectivity index (χ2n) is 29.8. The summed E-state index contributed by atoms with van der Waals surface area (Å²) in [4.78, 5) is 72.9. The van der Waals surface area contributed by atoms with Crippen LogP contribution in [0.5, 0.6) is 0 Å². The van der Waals surface area contributed by atoms with E-state index in [4.69, 9.17) is 37.0 Å². The molecule has 0 heterocycles. The van der Waals surface area contributed by atoms with Gasteiger partial charge in [-0.05, 0) is 49.4 Å². The van der Waals surface area contributed by atoms with Gasteiger partial charge >= 0.3 is 39.5 Å². The molecule has 0 aliphatic rings. The number of ether oxygens (including phenoxy) is 4. The molecule has 0 aliphatic carbocycles. The van der Waals surface area contributed by atoms with Crippen molar-refractivity contribution in [2.45, 2.75) is 414 Å². The summed E-state index contributed by atoms with van der Waals surface area (Å²) in [5.41, 5.74) is 0. The first-order valence-corrected chi connectivity index (χ1v) is 43.2. The maximum absolute atomic E-state index is 13.1. The van der Waals surface area contributed by atoms with E-state index in [1.165, 1.54) is 193 Å². The lowest BCUT2D eigenvalue weighted by Gasteiger charge is -2.21. The normalized spacial score (nSPS) is 14.4. The van der Waals surface area contributed by atoms with Gasteiger partial charge < -0.3 is 33.8 Å². The molecular formula is C78H152O17P2. The Labute approximate surface area is 594 Å². The predicted molar refractivity (Wildman–Crippen MR) is 395 cm³/mol.